The van der Waals surface area contributed by atoms with E-state index in [4.69, 9.17) is 9.78 Å². The SMILES string of the molecule is O=C(O)c1cc2cc(OOc3c(C(=O)O)ccc4c(O)c(C(=O)O)ccc34)c(C(=O)O)cc2cc1O. The van der Waals surface area contributed by atoms with Gasteiger partial charge in [-0.15, -0.1) is 0 Å². The average Bonchev–Trinajstić information content (AvgIpc) is 2.81. The molecule has 0 spiro atoms. The van der Waals surface area contributed by atoms with E-state index >= 15 is 0 Å². The molecule has 0 aliphatic carbocycles. The maximum Gasteiger partial charge on any atom is 0.339 e. The van der Waals surface area contributed by atoms with Crippen LogP contribution < -0.4 is 9.78 Å². The quantitative estimate of drug-likeness (QED) is 0.161. The average molecular weight is 494 g/mol. The fourth-order valence-electron chi connectivity index (χ4n) is 3.60. The Labute approximate surface area is 199 Å². The zero-order valence-electron chi connectivity index (χ0n) is 17.8. The maximum absolute atomic E-state index is 11.8. The highest BCUT2D eigenvalue weighted by atomic mass is 17.2. The van der Waals surface area contributed by atoms with Crippen molar-refractivity contribution in [3.63, 3.8) is 0 Å². The second kappa shape index (κ2) is 8.68. The smallest absolute Gasteiger partial charge is 0.339 e. The largest absolute Gasteiger partial charge is 0.507 e. The molecule has 36 heavy (non-hydrogen) atoms. The van der Waals surface area contributed by atoms with Gasteiger partial charge in [0.05, 0.1) is 0 Å². The number of aromatic carboxylic acids is 4. The predicted octanol–water partition coefficient (Wildman–Crippen LogP) is 3.57. The van der Waals surface area contributed by atoms with Gasteiger partial charge < -0.3 is 30.6 Å². The van der Waals surface area contributed by atoms with Gasteiger partial charge in [-0.1, -0.05) is 0 Å². The molecule has 0 atom stereocenters. The Balaban J connectivity index is 1.86. The van der Waals surface area contributed by atoms with Gasteiger partial charge in [-0.25, -0.2) is 19.2 Å². The van der Waals surface area contributed by atoms with Crippen molar-refractivity contribution in [1.29, 1.82) is 0 Å². The first-order valence-corrected chi connectivity index (χ1v) is 9.86. The second-order valence-corrected chi connectivity index (χ2v) is 7.45. The Kier molecular flexibility index (Phi) is 5.70. The molecule has 4 rings (SSSR count). The van der Waals surface area contributed by atoms with Crippen molar-refractivity contribution in [2.24, 2.45) is 0 Å². The Morgan fingerprint density at radius 3 is 1.69 bits per heavy atom. The van der Waals surface area contributed by atoms with Crippen LogP contribution in [-0.2, 0) is 0 Å². The summed E-state index contributed by atoms with van der Waals surface area (Å²) >= 11 is 0. The van der Waals surface area contributed by atoms with Crippen LogP contribution in [-0.4, -0.2) is 54.5 Å². The minimum Gasteiger partial charge on any atom is -0.507 e. The molecule has 0 amide bonds. The molecule has 0 radical (unpaired) electrons. The van der Waals surface area contributed by atoms with Gasteiger partial charge in [-0.3, -0.25) is 9.78 Å². The van der Waals surface area contributed by atoms with E-state index in [2.05, 4.69) is 0 Å². The molecule has 12 nitrogen and oxygen atoms in total. The minimum absolute atomic E-state index is 0.0480. The van der Waals surface area contributed by atoms with Crippen molar-refractivity contribution in [2.75, 3.05) is 0 Å². The van der Waals surface area contributed by atoms with Crippen molar-refractivity contribution in [3.05, 3.63) is 70.8 Å². The number of carboxylic acids is 4. The Bertz CT molecular complexity index is 1620. The van der Waals surface area contributed by atoms with Crippen LogP contribution in [0.5, 0.6) is 23.0 Å². The summed E-state index contributed by atoms with van der Waals surface area (Å²) in [7, 11) is 0. The molecule has 0 bridgehead atoms. The fourth-order valence-corrected chi connectivity index (χ4v) is 3.60. The van der Waals surface area contributed by atoms with Crippen molar-refractivity contribution < 1.29 is 59.6 Å². The molecule has 4 aromatic carbocycles. The number of phenols is 2. The monoisotopic (exact) mass is 494 g/mol. The van der Waals surface area contributed by atoms with E-state index in [1.54, 1.807) is 0 Å². The zero-order valence-corrected chi connectivity index (χ0v) is 17.8. The molecule has 0 unspecified atom stereocenters. The molecule has 0 aliphatic heterocycles. The van der Waals surface area contributed by atoms with Gasteiger partial charge >= 0.3 is 23.9 Å². The summed E-state index contributed by atoms with van der Waals surface area (Å²) in [5.41, 5.74) is -1.80. The van der Waals surface area contributed by atoms with E-state index < -0.39 is 69.1 Å². The molecule has 4 aromatic rings. The highest BCUT2D eigenvalue weighted by Crippen LogP contribution is 2.38. The topological polar surface area (TPSA) is 208 Å². The Morgan fingerprint density at radius 1 is 0.556 bits per heavy atom. The first kappa shape index (κ1) is 23.6. The standard InChI is InChI=1S/C24H14O12/c25-17-7-9-6-16(24(33)34)18(8-10(9)5-15(17)23(31)32)35-36-20-12-2-3-13(21(27)28)19(26)11(12)1-4-14(20)22(29)30/h1-8,25-26H,(H,27,28)(H,29,30)(H,31,32)(H,33,34). The lowest BCUT2D eigenvalue weighted by Gasteiger charge is -2.14. The summed E-state index contributed by atoms with van der Waals surface area (Å²) in [6.45, 7) is 0. The molecule has 0 saturated heterocycles. The number of carboxylic acid groups (broad SMARTS) is 4. The van der Waals surface area contributed by atoms with Crippen LogP contribution in [0.3, 0.4) is 0 Å². The van der Waals surface area contributed by atoms with E-state index in [-0.39, 0.29) is 21.5 Å². The molecular formula is C24H14O12. The molecule has 0 aromatic heterocycles. The van der Waals surface area contributed by atoms with Crippen LogP contribution in [0.1, 0.15) is 41.4 Å². The van der Waals surface area contributed by atoms with Crippen LogP contribution in [0.2, 0.25) is 0 Å². The van der Waals surface area contributed by atoms with Crippen molar-refractivity contribution in [2.45, 2.75) is 0 Å². The van der Waals surface area contributed by atoms with E-state index in [1.165, 1.54) is 12.1 Å². The number of hydrogen-bond donors (Lipinski definition) is 6. The van der Waals surface area contributed by atoms with E-state index in [1.807, 2.05) is 0 Å². The highest BCUT2D eigenvalue weighted by molar-refractivity contribution is 6.06. The lowest BCUT2D eigenvalue weighted by Crippen LogP contribution is -2.10. The maximum atomic E-state index is 11.8. The highest BCUT2D eigenvalue weighted by Gasteiger charge is 2.23. The molecular weight excluding hydrogens is 480 g/mol. The summed E-state index contributed by atoms with van der Waals surface area (Å²) < 4.78 is 0. The van der Waals surface area contributed by atoms with Gasteiger partial charge in [0.15, 0.2) is 5.75 Å². The number of aromatic hydroxyl groups is 2. The first-order valence-electron chi connectivity index (χ1n) is 9.86. The summed E-state index contributed by atoms with van der Waals surface area (Å²) in [6, 6.07) is 8.77. The number of hydrogen-bond acceptors (Lipinski definition) is 8. The Hall–Kier alpha value is -5.52. The predicted molar refractivity (Wildman–Crippen MR) is 120 cm³/mol. The van der Waals surface area contributed by atoms with Gasteiger partial charge in [-0.2, -0.15) is 0 Å². The lowest BCUT2D eigenvalue weighted by atomic mass is 10.0. The fraction of sp³-hybridized carbons (Fsp3) is 0. The zero-order chi connectivity index (χ0) is 26.3. The van der Waals surface area contributed by atoms with Crippen LogP contribution in [0.15, 0.2) is 48.5 Å². The number of benzene rings is 4. The summed E-state index contributed by atoms with van der Waals surface area (Å²) in [5, 5.41) is 58.0. The van der Waals surface area contributed by atoms with Gasteiger partial charge in [0.1, 0.15) is 33.8 Å². The Morgan fingerprint density at radius 2 is 1.08 bits per heavy atom. The van der Waals surface area contributed by atoms with E-state index in [9.17, 15) is 49.8 Å². The van der Waals surface area contributed by atoms with Crippen molar-refractivity contribution >= 4 is 45.4 Å². The molecule has 6 N–H and O–H groups in total. The first-order chi connectivity index (χ1) is 17.0. The third kappa shape index (κ3) is 3.98. The van der Waals surface area contributed by atoms with E-state index in [0.29, 0.717) is 0 Å². The molecule has 0 heterocycles. The van der Waals surface area contributed by atoms with Crippen LogP contribution in [0, 0.1) is 0 Å². The lowest BCUT2D eigenvalue weighted by molar-refractivity contribution is -0.0995. The number of rotatable bonds is 7. The molecule has 0 fully saturated rings. The second-order valence-electron chi connectivity index (χ2n) is 7.45. The van der Waals surface area contributed by atoms with E-state index in [0.717, 1.165) is 36.4 Å². The van der Waals surface area contributed by atoms with Gasteiger partial charge in [0.2, 0.25) is 5.75 Å². The third-order valence-corrected chi connectivity index (χ3v) is 5.31. The van der Waals surface area contributed by atoms with Gasteiger partial charge in [0.25, 0.3) is 0 Å². The molecule has 182 valence electrons. The summed E-state index contributed by atoms with van der Waals surface area (Å²) in [4.78, 5) is 56.6. The van der Waals surface area contributed by atoms with Gasteiger partial charge in [-0.05, 0) is 59.3 Å². The normalized spacial score (nSPS) is 10.8. The molecule has 0 aliphatic rings. The number of fused-ring (bicyclic) bond motifs is 2. The van der Waals surface area contributed by atoms with Crippen LogP contribution in [0.25, 0.3) is 21.5 Å². The minimum atomic E-state index is -1.47. The van der Waals surface area contributed by atoms with Crippen LogP contribution >= 0.6 is 0 Å². The van der Waals surface area contributed by atoms with Crippen molar-refractivity contribution in [1.82, 2.24) is 0 Å². The molecule has 12 heteroatoms. The summed E-state index contributed by atoms with van der Waals surface area (Å²) in [6.07, 6.45) is 0. The molecule has 0 saturated carbocycles. The van der Waals surface area contributed by atoms with Crippen LogP contribution in [0.4, 0.5) is 0 Å². The number of carbonyl (C=O) groups is 4. The third-order valence-electron chi connectivity index (χ3n) is 5.31. The van der Waals surface area contributed by atoms with Crippen molar-refractivity contribution in [3.8, 4) is 23.0 Å². The van der Waals surface area contributed by atoms with Gasteiger partial charge in [0, 0.05) is 10.8 Å². The summed E-state index contributed by atoms with van der Waals surface area (Å²) in [5.74, 6) is -7.92.